The van der Waals surface area contributed by atoms with Gasteiger partial charge in [-0.25, -0.2) is 0 Å². The van der Waals surface area contributed by atoms with Gasteiger partial charge in [0, 0.05) is 19.3 Å². The molecular formula is C75H118O6. The zero-order chi connectivity index (χ0) is 58.5. The molecule has 81 heavy (non-hydrogen) atoms. The van der Waals surface area contributed by atoms with Crippen molar-refractivity contribution in [3.8, 4) is 0 Å². The second-order valence-corrected chi connectivity index (χ2v) is 20.9. The Labute approximate surface area is 498 Å². The lowest BCUT2D eigenvalue weighted by molar-refractivity contribution is -0.167. The molecule has 1 atom stereocenters. The molecule has 0 saturated carbocycles. The fraction of sp³-hybridized carbons (Fsp3) is 0.587. The highest BCUT2D eigenvalue weighted by atomic mass is 16.6. The summed E-state index contributed by atoms with van der Waals surface area (Å²) in [5.74, 6) is -0.962. The molecule has 0 aliphatic carbocycles. The lowest BCUT2D eigenvalue weighted by Crippen LogP contribution is -2.30. The van der Waals surface area contributed by atoms with Crippen LogP contribution in [0.2, 0.25) is 0 Å². The molecule has 0 radical (unpaired) electrons. The van der Waals surface area contributed by atoms with Crippen LogP contribution in [0, 0.1) is 0 Å². The van der Waals surface area contributed by atoms with E-state index in [4.69, 9.17) is 14.2 Å². The average molecular weight is 1120 g/mol. The third-order valence-electron chi connectivity index (χ3n) is 13.2. The minimum atomic E-state index is -0.807. The van der Waals surface area contributed by atoms with Crippen molar-refractivity contribution in [1.29, 1.82) is 0 Å². The van der Waals surface area contributed by atoms with Gasteiger partial charge in [0.25, 0.3) is 0 Å². The van der Waals surface area contributed by atoms with E-state index >= 15 is 0 Å². The number of hydrogen-bond donors (Lipinski definition) is 0. The summed E-state index contributed by atoms with van der Waals surface area (Å²) in [6.07, 6.45) is 99.4. The molecule has 0 aliphatic heterocycles. The molecule has 0 spiro atoms. The highest BCUT2D eigenvalue weighted by molar-refractivity contribution is 5.71. The van der Waals surface area contributed by atoms with Crippen LogP contribution in [-0.4, -0.2) is 37.2 Å². The first kappa shape index (κ1) is 75.8. The smallest absolute Gasteiger partial charge is 0.306 e. The molecule has 0 aromatic carbocycles. The van der Waals surface area contributed by atoms with E-state index in [0.29, 0.717) is 25.7 Å². The summed E-state index contributed by atoms with van der Waals surface area (Å²) >= 11 is 0. The van der Waals surface area contributed by atoms with Crippen molar-refractivity contribution >= 4 is 17.9 Å². The van der Waals surface area contributed by atoms with Crippen molar-refractivity contribution in [1.82, 2.24) is 0 Å². The lowest BCUT2D eigenvalue weighted by atomic mass is 10.1. The third kappa shape index (κ3) is 65.5. The molecule has 0 N–H and O–H groups in total. The van der Waals surface area contributed by atoms with E-state index in [9.17, 15) is 14.4 Å². The molecule has 6 nitrogen and oxygen atoms in total. The van der Waals surface area contributed by atoms with Gasteiger partial charge in [-0.05, 0) is 135 Å². The zero-order valence-electron chi connectivity index (χ0n) is 52.0. The Morgan fingerprint density at radius 1 is 0.259 bits per heavy atom. The van der Waals surface area contributed by atoms with Crippen molar-refractivity contribution in [3.05, 3.63) is 170 Å². The van der Waals surface area contributed by atoms with E-state index < -0.39 is 6.10 Å². The highest BCUT2D eigenvalue weighted by Gasteiger charge is 2.19. The van der Waals surface area contributed by atoms with Gasteiger partial charge in [-0.1, -0.05) is 281 Å². The number of hydrogen-bond acceptors (Lipinski definition) is 6. The summed E-state index contributed by atoms with van der Waals surface area (Å²) in [5, 5.41) is 0. The quantitative estimate of drug-likeness (QED) is 0.0261. The van der Waals surface area contributed by atoms with Gasteiger partial charge < -0.3 is 14.2 Å². The van der Waals surface area contributed by atoms with Crippen molar-refractivity contribution in [2.24, 2.45) is 0 Å². The van der Waals surface area contributed by atoms with Crippen molar-refractivity contribution in [3.63, 3.8) is 0 Å². The fourth-order valence-electron chi connectivity index (χ4n) is 8.40. The number of rotatable bonds is 57. The van der Waals surface area contributed by atoms with E-state index in [1.807, 2.05) is 0 Å². The van der Waals surface area contributed by atoms with Crippen LogP contribution in [-0.2, 0) is 28.6 Å². The Morgan fingerprint density at radius 3 is 0.778 bits per heavy atom. The summed E-state index contributed by atoms with van der Waals surface area (Å²) in [7, 11) is 0. The highest BCUT2D eigenvalue weighted by Crippen LogP contribution is 2.14. The van der Waals surface area contributed by atoms with Gasteiger partial charge in [0.1, 0.15) is 13.2 Å². The molecule has 0 fully saturated rings. The average Bonchev–Trinajstić information content (AvgIpc) is 3.47. The molecule has 454 valence electrons. The van der Waals surface area contributed by atoms with E-state index in [2.05, 4.69) is 191 Å². The number of unbranched alkanes of at least 4 members (excludes halogenated alkanes) is 18. The van der Waals surface area contributed by atoms with Gasteiger partial charge in [0.2, 0.25) is 0 Å². The molecule has 0 amide bonds. The van der Waals surface area contributed by atoms with Gasteiger partial charge in [0.15, 0.2) is 6.10 Å². The molecule has 0 aliphatic rings. The second-order valence-electron chi connectivity index (χ2n) is 20.9. The molecular weight excluding hydrogens is 997 g/mol. The van der Waals surface area contributed by atoms with Gasteiger partial charge in [-0.3, -0.25) is 14.4 Å². The van der Waals surface area contributed by atoms with E-state index in [1.165, 1.54) is 70.6 Å². The second kappa shape index (κ2) is 67.3. The largest absolute Gasteiger partial charge is 0.462 e. The minimum Gasteiger partial charge on any atom is -0.462 e. The first-order chi connectivity index (χ1) is 40.0. The Kier molecular flexibility index (Phi) is 62.9. The maximum Gasteiger partial charge on any atom is 0.306 e. The summed E-state index contributed by atoms with van der Waals surface area (Å²) in [6, 6.07) is 0. The molecule has 6 heteroatoms. The predicted molar refractivity (Wildman–Crippen MR) is 352 cm³/mol. The van der Waals surface area contributed by atoms with Gasteiger partial charge in [0.05, 0.1) is 0 Å². The standard InChI is InChI=1S/C75H118O6/c1-4-7-10-13-16-19-21-23-25-27-29-31-32-33-34-35-36-37-38-39-40-41-42-44-45-47-49-51-53-56-59-62-65-68-74(77)80-71-72(70-79-73(76)67-64-61-58-55-18-15-12-9-6-3)81-75(78)69-66-63-60-57-54-52-50-48-46-43-30-28-26-24-22-20-17-14-11-8-5-2/h7-8,10-11,16-17,19-20,23-26,29-31,33-34,36-37,39-40,42-44,47,49,53,56,72H,4-6,9,12-15,18,21-22,27-28,32,35,38,41,45-46,48,50-52,54-55,57-71H2,1-3H3/b10-7-,11-8-,19-16-,20-17-,25-23-,26-24-,31-29-,34-33-,37-36-,40-39-,43-30-,44-42-,49-47-,56-53-. The molecule has 0 rings (SSSR count). The molecule has 0 aromatic heterocycles. The maximum absolute atomic E-state index is 12.9. The SMILES string of the molecule is CC/C=C\C/C=C\C/C=C\C/C=C\C/C=C\C/C=C\C/C=C\C/C=C\C/C=C\C/C=C\CCCCC(=O)OCC(COC(=O)CCCCCCCCCCC)OC(=O)CCCCCCCCCC/C=C\C/C=C\C/C=C\C/C=C\CC. The van der Waals surface area contributed by atoms with Crippen LogP contribution in [0.15, 0.2) is 170 Å². The normalized spacial score (nSPS) is 13.3. The number of allylic oxidation sites excluding steroid dienone is 28. The van der Waals surface area contributed by atoms with Crippen molar-refractivity contribution in [2.75, 3.05) is 13.2 Å². The van der Waals surface area contributed by atoms with Gasteiger partial charge in [-0.15, -0.1) is 0 Å². The summed E-state index contributed by atoms with van der Waals surface area (Å²) in [6.45, 7) is 6.34. The molecule has 0 heterocycles. The van der Waals surface area contributed by atoms with Crippen LogP contribution >= 0.6 is 0 Å². The van der Waals surface area contributed by atoms with Crippen molar-refractivity contribution in [2.45, 2.75) is 271 Å². The summed E-state index contributed by atoms with van der Waals surface area (Å²) in [5.41, 5.74) is 0. The third-order valence-corrected chi connectivity index (χ3v) is 13.2. The predicted octanol–water partition coefficient (Wildman–Crippen LogP) is 22.7. The Bertz CT molecular complexity index is 1860. The molecule has 0 aromatic rings. The molecule has 0 saturated heterocycles. The van der Waals surface area contributed by atoms with Crippen LogP contribution < -0.4 is 0 Å². The molecule has 1 unspecified atom stereocenters. The number of esters is 3. The topological polar surface area (TPSA) is 78.9 Å². The molecule has 0 bridgehead atoms. The summed E-state index contributed by atoms with van der Waals surface area (Å²) in [4.78, 5) is 38.2. The Hall–Kier alpha value is -5.23. The van der Waals surface area contributed by atoms with Crippen LogP contribution in [0.25, 0.3) is 0 Å². The zero-order valence-corrected chi connectivity index (χ0v) is 52.0. The van der Waals surface area contributed by atoms with E-state index in [0.717, 1.165) is 148 Å². The number of ether oxygens (including phenoxy) is 3. The maximum atomic E-state index is 12.9. The number of carbonyl (C=O) groups is 3. The van der Waals surface area contributed by atoms with Gasteiger partial charge >= 0.3 is 17.9 Å². The van der Waals surface area contributed by atoms with E-state index in [1.54, 1.807) is 0 Å². The Balaban J connectivity index is 4.34. The van der Waals surface area contributed by atoms with Crippen LogP contribution in [0.4, 0.5) is 0 Å². The lowest BCUT2D eigenvalue weighted by Gasteiger charge is -2.18. The van der Waals surface area contributed by atoms with Crippen LogP contribution in [0.3, 0.4) is 0 Å². The van der Waals surface area contributed by atoms with Gasteiger partial charge in [-0.2, -0.15) is 0 Å². The summed E-state index contributed by atoms with van der Waals surface area (Å²) < 4.78 is 16.8. The van der Waals surface area contributed by atoms with Crippen LogP contribution in [0.5, 0.6) is 0 Å². The number of carbonyl (C=O) groups excluding carboxylic acids is 3. The first-order valence-electron chi connectivity index (χ1n) is 32.6. The fourth-order valence-corrected chi connectivity index (χ4v) is 8.40. The van der Waals surface area contributed by atoms with Crippen LogP contribution in [0.1, 0.15) is 265 Å². The van der Waals surface area contributed by atoms with Crippen molar-refractivity contribution < 1.29 is 28.6 Å². The first-order valence-corrected chi connectivity index (χ1v) is 32.6. The minimum absolute atomic E-state index is 0.100. The monoisotopic (exact) mass is 1110 g/mol. The van der Waals surface area contributed by atoms with E-state index in [-0.39, 0.29) is 31.1 Å². The Morgan fingerprint density at radius 2 is 0.481 bits per heavy atom.